The Morgan fingerprint density at radius 3 is 1.97 bits per heavy atom. The fourth-order valence-electron chi connectivity index (χ4n) is 2.11. The average molecular weight is 449 g/mol. The molecule has 0 amide bonds. The molecule has 8 nitrogen and oxygen atoms in total. The van der Waals surface area contributed by atoms with Crippen LogP contribution >= 0.6 is 23.4 Å². The fraction of sp³-hybridized carbons (Fsp3) is 0.100. The van der Waals surface area contributed by atoms with Crippen LogP contribution < -0.4 is 9.47 Å². The molecule has 0 bridgehead atoms. The zero-order valence-electron chi connectivity index (χ0n) is 15.9. The maximum Gasteiger partial charge on any atom is 0.338 e. The van der Waals surface area contributed by atoms with Crippen molar-refractivity contribution in [3.05, 3.63) is 70.7 Å². The van der Waals surface area contributed by atoms with E-state index < -0.39 is 11.9 Å². The summed E-state index contributed by atoms with van der Waals surface area (Å²) >= 11 is 6.99. The topological polar surface area (TPSA) is 119 Å². The molecule has 0 aliphatic heterocycles. The first-order valence-electron chi connectivity index (χ1n) is 8.30. The number of hydrogen-bond acceptors (Lipinski definition) is 7. The molecule has 156 valence electrons. The summed E-state index contributed by atoms with van der Waals surface area (Å²) in [6, 6.07) is 14.6. The van der Waals surface area contributed by atoms with E-state index in [0.29, 0.717) is 27.4 Å². The Bertz CT molecular complexity index is 1010. The maximum atomic E-state index is 11.3. The molecule has 3 rings (SSSR count). The van der Waals surface area contributed by atoms with Crippen molar-refractivity contribution in [2.24, 2.45) is 0 Å². The van der Waals surface area contributed by atoms with Crippen LogP contribution in [0.2, 0.25) is 5.02 Å². The van der Waals surface area contributed by atoms with Crippen LogP contribution in [0, 0.1) is 0 Å². The highest BCUT2D eigenvalue weighted by Gasteiger charge is 2.17. The number of hydrogen-bond donors (Lipinski definition) is 2. The summed E-state index contributed by atoms with van der Waals surface area (Å²) in [4.78, 5) is 30.2. The SMILES string of the molecule is COc1cc(OC)nc(Sc2cccc(Cl)c2C(=O)O)n1.O=C(O)c1ccccc1. The van der Waals surface area contributed by atoms with Gasteiger partial charge in [-0.3, -0.25) is 0 Å². The van der Waals surface area contributed by atoms with Crippen LogP contribution in [0.5, 0.6) is 11.8 Å². The van der Waals surface area contributed by atoms with Crippen molar-refractivity contribution in [2.75, 3.05) is 14.2 Å². The Kier molecular flexibility index (Phi) is 8.45. The molecule has 0 aliphatic carbocycles. The van der Waals surface area contributed by atoms with E-state index in [9.17, 15) is 14.7 Å². The zero-order valence-corrected chi connectivity index (χ0v) is 17.5. The second kappa shape index (κ2) is 11.0. The number of ether oxygens (including phenoxy) is 2. The smallest absolute Gasteiger partial charge is 0.338 e. The lowest BCUT2D eigenvalue weighted by molar-refractivity contribution is 0.0684. The van der Waals surface area contributed by atoms with E-state index in [0.717, 1.165) is 11.8 Å². The molecule has 0 spiro atoms. The fourth-order valence-corrected chi connectivity index (χ4v) is 3.34. The number of carboxylic acid groups (broad SMARTS) is 2. The molecule has 10 heteroatoms. The molecule has 0 fully saturated rings. The number of rotatable bonds is 6. The number of methoxy groups -OCH3 is 2. The highest BCUT2D eigenvalue weighted by atomic mass is 35.5. The zero-order chi connectivity index (χ0) is 22.1. The summed E-state index contributed by atoms with van der Waals surface area (Å²) in [5, 5.41) is 18.1. The Morgan fingerprint density at radius 1 is 0.900 bits per heavy atom. The Labute approximate surface area is 181 Å². The molecule has 1 heterocycles. The second-order valence-electron chi connectivity index (χ2n) is 5.43. The van der Waals surface area contributed by atoms with Crippen LogP contribution in [0.25, 0.3) is 0 Å². The van der Waals surface area contributed by atoms with Crippen molar-refractivity contribution in [1.82, 2.24) is 9.97 Å². The minimum Gasteiger partial charge on any atom is -0.481 e. The lowest BCUT2D eigenvalue weighted by atomic mass is 10.2. The highest BCUT2D eigenvalue weighted by Crippen LogP contribution is 2.33. The van der Waals surface area contributed by atoms with Crippen LogP contribution in [0.1, 0.15) is 20.7 Å². The molecule has 0 aliphatic rings. The normalized spacial score (nSPS) is 9.83. The first kappa shape index (κ1) is 23.0. The summed E-state index contributed by atoms with van der Waals surface area (Å²) in [5.41, 5.74) is 0.340. The maximum absolute atomic E-state index is 11.3. The quantitative estimate of drug-likeness (QED) is 0.529. The van der Waals surface area contributed by atoms with Crippen molar-refractivity contribution < 1.29 is 29.3 Å². The van der Waals surface area contributed by atoms with Gasteiger partial charge in [-0.15, -0.1) is 0 Å². The van der Waals surface area contributed by atoms with Gasteiger partial charge in [-0.05, 0) is 36.0 Å². The summed E-state index contributed by atoms with van der Waals surface area (Å²) in [6.45, 7) is 0. The molecule has 1 aromatic heterocycles. The summed E-state index contributed by atoms with van der Waals surface area (Å²) < 4.78 is 10.1. The summed E-state index contributed by atoms with van der Waals surface area (Å²) in [7, 11) is 2.94. The van der Waals surface area contributed by atoms with Crippen molar-refractivity contribution in [3.63, 3.8) is 0 Å². The van der Waals surface area contributed by atoms with Gasteiger partial charge in [-0.2, -0.15) is 9.97 Å². The molecular weight excluding hydrogens is 432 g/mol. The predicted molar refractivity (Wildman–Crippen MR) is 111 cm³/mol. The van der Waals surface area contributed by atoms with Crippen LogP contribution in [-0.4, -0.2) is 46.3 Å². The van der Waals surface area contributed by atoms with Crippen molar-refractivity contribution in [3.8, 4) is 11.8 Å². The number of aromatic nitrogens is 2. The van der Waals surface area contributed by atoms with Gasteiger partial charge in [0.15, 0.2) is 5.16 Å². The van der Waals surface area contributed by atoms with Crippen molar-refractivity contribution in [2.45, 2.75) is 10.1 Å². The number of carbonyl (C=O) groups is 2. The van der Waals surface area contributed by atoms with E-state index in [-0.39, 0.29) is 10.6 Å². The Balaban J connectivity index is 0.000000297. The van der Waals surface area contributed by atoms with E-state index in [2.05, 4.69) is 9.97 Å². The van der Waals surface area contributed by atoms with E-state index in [1.54, 1.807) is 42.5 Å². The molecular formula is C20H17ClN2O6S. The molecule has 0 atom stereocenters. The lowest BCUT2D eigenvalue weighted by Crippen LogP contribution is -2.01. The van der Waals surface area contributed by atoms with E-state index in [1.807, 2.05) is 0 Å². The van der Waals surface area contributed by atoms with E-state index in [1.165, 1.54) is 26.4 Å². The van der Waals surface area contributed by atoms with Gasteiger partial charge in [0, 0.05) is 4.90 Å². The highest BCUT2D eigenvalue weighted by molar-refractivity contribution is 7.99. The third-order valence-electron chi connectivity index (χ3n) is 3.49. The van der Waals surface area contributed by atoms with Crippen LogP contribution in [0.3, 0.4) is 0 Å². The Morgan fingerprint density at radius 2 is 1.50 bits per heavy atom. The molecule has 0 unspecified atom stereocenters. The van der Waals surface area contributed by atoms with Gasteiger partial charge >= 0.3 is 11.9 Å². The number of aromatic carboxylic acids is 2. The first-order chi connectivity index (χ1) is 14.3. The molecule has 0 saturated carbocycles. The largest absolute Gasteiger partial charge is 0.481 e. The van der Waals surface area contributed by atoms with Gasteiger partial charge in [0.25, 0.3) is 0 Å². The predicted octanol–water partition coefficient (Wildman–Crippen LogP) is 4.38. The molecule has 0 saturated heterocycles. The number of benzene rings is 2. The number of nitrogens with zero attached hydrogens (tertiary/aromatic N) is 2. The second-order valence-corrected chi connectivity index (χ2v) is 6.84. The van der Waals surface area contributed by atoms with Gasteiger partial charge in [0.2, 0.25) is 11.8 Å². The number of halogens is 1. The third kappa shape index (κ3) is 6.36. The summed E-state index contributed by atoms with van der Waals surface area (Å²) in [5.74, 6) is -1.35. The van der Waals surface area contributed by atoms with Gasteiger partial charge in [0.05, 0.1) is 36.4 Å². The van der Waals surface area contributed by atoms with E-state index in [4.69, 9.17) is 26.2 Å². The molecule has 0 radical (unpaired) electrons. The summed E-state index contributed by atoms with van der Waals surface area (Å²) in [6.07, 6.45) is 0. The Hall–Kier alpha value is -3.30. The minimum atomic E-state index is -1.11. The molecule has 30 heavy (non-hydrogen) atoms. The van der Waals surface area contributed by atoms with Crippen LogP contribution in [0.15, 0.2) is 64.6 Å². The first-order valence-corrected chi connectivity index (χ1v) is 9.50. The standard InChI is InChI=1S/C13H11ClN2O4S.C7H6O2/c1-19-9-6-10(20-2)16-13(15-9)21-8-5-3-4-7(14)11(8)12(17)18;8-7(9)6-4-2-1-3-5-6/h3-6H,1-2H3,(H,17,18);1-5H,(H,8,9). The van der Waals surface area contributed by atoms with Gasteiger partial charge in [-0.25, -0.2) is 9.59 Å². The lowest BCUT2D eigenvalue weighted by Gasteiger charge is -2.08. The van der Waals surface area contributed by atoms with Crippen LogP contribution in [0.4, 0.5) is 0 Å². The van der Waals surface area contributed by atoms with E-state index >= 15 is 0 Å². The van der Waals surface area contributed by atoms with Crippen LogP contribution in [-0.2, 0) is 0 Å². The van der Waals surface area contributed by atoms with Crippen molar-refractivity contribution >= 4 is 35.3 Å². The van der Waals surface area contributed by atoms with Gasteiger partial charge < -0.3 is 19.7 Å². The van der Waals surface area contributed by atoms with Gasteiger partial charge in [-0.1, -0.05) is 35.9 Å². The van der Waals surface area contributed by atoms with Gasteiger partial charge in [0.1, 0.15) is 0 Å². The minimum absolute atomic E-state index is 0.00885. The molecule has 2 N–H and O–H groups in total. The molecule has 3 aromatic rings. The molecule has 2 aromatic carbocycles. The van der Waals surface area contributed by atoms with Crippen molar-refractivity contribution in [1.29, 1.82) is 0 Å². The number of carboxylic acids is 2. The monoisotopic (exact) mass is 448 g/mol. The average Bonchev–Trinajstić information content (AvgIpc) is 2.74. The third-order valence-corrected chi connectivity index (χ3v) is 4.73.